The van der Waals surface area contributed by atoms with E-state index in [4.69, 9.17) is 9.15 Å². The second kappa shape index (κ2) is 7.00. The van der Waals surface area contributed by atoms with Crippen LogP contribution < -0.4 is 0 Å². The third-order valence-electron chi connectivity index (χ3n) is 4.32. The second-order valence-electron chi connectivity index (χ2n) is 6.03. The van der Waals surface area contributed by atoms with E-state index in [-0.39, 0.29) is 30.1 Å². The van der Waals surface area contributed by atoms with E-state index in [0.29, 0.717) is 25.5 Å². The number of aryl methyl sites for hydroxylation is 1. The van der Waals surface area contributed by atoms with Crippen LogP contribution in [0.4, 0.5) is 0 Å². The van der Waals surface area contributed by atoms with Crippen LogP contribution >= 0.6 is 0 Å². The number of morpholine rings is 1. The first-order valence-corrected chi connectivity index (χ1v) is 7.99. The minimum absolute atomic E-state index is 0.0106. The lowest BCUT2D eigenvalue weighted by Gasteiger charge is -2.36. The highest BCUT2D eigenvalue weighted by Gasteiger charge is 2.33. The number of rotatable bonds is 5. The lowest BCUT2D eigenvalue weighted by atomic mass is 10.00. The number of ketones is 1. The van der Waals surface area contributed by atoms with Crippen molar-refractivity contribution >= 4 is 11.7 Å². The Balaban J connectivity index is 1.71. The van der Waals surface area contributed by atoms with Gasteiger partial charge in [-0.05, 0) is 19.1 Å². The fourth-order valence-corrected chi connectivity index (χ4v) is 2.92. The molecule has 0 spiro atoms. The number of Topliss-reactive ketones (excluding diaryl/α,β-unsaturated/α-hetero) is 1. The Morgan fingerprint density at radius 1 is 1.46 bits per heavy atom. The highest BCUT2D eigenvalue weighted by molar-refractivity contribution is 5.94. The summed E-state index contributed by atoms with van der Waals surface area (Å²) < 4.78 is 12.3. The summed E-state index contributed by atoms with van der Waals surface area (Å²) in [5.74, 6) is -0.128. The molecular weight excluding hydrogens is 310 g/mol. The fourth-order valence-electron chi connectivity index (χ4n) is 2.92. The van der Waals surface area contributed by atoms with Crippen molar-refractivity contribution in [2.75, 3.05) is 19.8 Å². The van der Waals surface area contributed by atoms with E-state index >= 15 is 0 Å². The Kier molecular flexibility index (Phi) is 4.80. The summed E-state index contributed by atoms with van der Waals surface area (Å²) in [4.78, 5) is 26.9. The molecule has 2 atom stereocenters. The van der Waals surface area contributed by atoms with Gasteiger partial charge < -0.3 is 14.1 Å². The highest BCUT2D eigenvalue weighted by atomic mass is 16.5. The normalized spacial score (nSPS) is 19.2. The van der Waals surface area contributed by atoms with Crippen molar-refractivity contribution in [3.8, 4) is 0 Å². The predicted molar refractivity (Wildman–Crippen MR) is 85.6 cm³/mol. The molecule has 1 fully saturated rings. The summed E-state index contributed by atoms with van der Waals surface area (Å²) in [6, 6.07) is 3.04. The van der Waals surface area contributed by atoms with Crippen molar-refractivity contribution in [3.63, 3.8) is 0 Å². The monoisotopic (exact) mass is 331 g/mol. The molecule has 1 amide bonds. The summed E-state index contributed by atoms with van der Waals surface area (Å²) >= 11 is 0. The molecule has 7 heteroatoms. The van der Waals surface area contributed by atoms with Crippen LogP contribution in [0, 0.1) is 0 Å². The van der Waals surface area contributed by atoms with Crippen LogP contribution in [0.2, 0.25) is 0 Å². The number of furan rings is 1. The van der Waals surface area contributed by atoms with E-state index in [1.807, 2.05) is 20.2 Å². The van der Waals surface area contributed by atoms with Crippen LogP contribution in [0.5, 0.6) is 0 Å². The van der Waals surface area contributed by atoms with Gasteiger partial charge in [0.1, 0.15) is 0 Å². The molecule has 0 saturated carbocycles. The third-order valence-corrected chi connectivity index (χ3v) is 4.32. The van der Waals surface area contributed by atoms with Crippen molar-refractivity contribution < 1.29 is 18.7 Å². The van der Waals surface area contributed by atoms with Gasteiger partial charge in [-0.3, -0.25) is 14.3 Å². The van der Waals surface area contributed by atoms with Crippen molar-refractivity contribution in [2.45, 2.75) is 25.3 Å². The van der Waals surface area contributed by atoms with E-state index in [1.165, 1.54) is 6.26 Å². The van der Waals surface area contributed by atoms with Gasteiger partial charge in [0, 0.05) is 31.8 Å². The molecule has 3 heterocycles. The lowest BCUT2D eigenvalue weighted by molar-refractivity contribution is -0.141. The van der Waals surface area contributed by atoms with E-state index < -0.39 is 0 Å². The van der Waals surface area contributed by atoms with Gasteiger partial charge in [0.05, 0.1) is 37.6 Å². The molecular formula is C17H21N3O4. The van der Waals surface area contributed by atoms with E-state index in [0.717, 1.165) is 5.56 Å². The zero-order valence-corrected chi connectivity index (χ0v) is 13.8. The molecule has 2 aromatic heterocycles. The first-order chi connectivity index (χ1) is 11.6. The number of amides is 1. The topological polar surface area (TPSA) is 77.6 Å². The molecule has 24 heavy (non-hydrogen) atoms. The average Bonchev–Trinajstić information content (AvgIpc) is 3.25. The zero-order chi connectivity index (χ0) is 17.1. The maximum atomic E-state index is 12.9. The minimum Gasteiger partial charge on any atom is -0.461 e. The Morgan fingerprint density at radius 2 is 2.29 bits per heavy atom. The van der Waals surface area contributed by atoms with Gasteiger partial charge in [0.2, 0.25) is 5.91 Å². The summed E-state index contributed by atoms with van der Waals surface area (Å²) in [6.45, 7) is 3.19. The number of nitrogens with zero attached hydrogens (tertiary/aromatic N) is 3. The predicted octanol–water partition coefficient (Wildman–Crippen LogP) is 1.62. The van der Waals surface area contributed by atoms with Crippen LogP contribution in [0.1, 0.15) is 35.4 Å². The number of carbonyl (C=O) groups excluding carboxylic acids is 2. The van der Waals surface area contributed by atoms with E-state index in [1.54, 1.807) is 27.9 Å². The number of carbonyl (C=O) groups is 2. The number of ether oxygens (including phenoxy) is 1. The number of hydrogen-bond donors (Lipinski definition) is 0. The molecule has 0 unspecified atom stereocenters. The fraction of sp³-hybridized carbons (Fsp3) is 0.471. The first-order valence-electron chi connectivity index (χ1n) is 7.99. The second-order valence-corrected chi connectivity index (χ2v) is 6.03. The largest absolute Gasteiger partial charge is 0.461 e. The number of hydrogen-bond acceptors (Lipinski definition) is 5. The molecule has 1 saturated heterocycles. The Morgan fingerprint density at radius 3 is 2.96 bits per heavy atom. The first kappa shape index (κ1) is 16.4. The molecule has 128 valence electrons. The maximum Gasteiger partial charge on any atom is 0.230 e. The summed E-state index contributed by atoms with van der Waals surface area (Å²) in [5.41, 5.74) is 0.866. The molecule has 1 aliphatic heterocycles. The summed E-state index contributed by atoms with van der Waals surface area (Å²) in [6.07, 6.45) is 5.20. The van der Waals surface area contributed by atoms with Crippen LogP contribution in [0.3, 0.4) is 0 Å². The quantitative estimate of drug-likeness (QED) is 0.778. The van der Waals surface area contributed by atoms with Crippen molar-refractivity contribution in [2.24, 2.45) is 7.05 Å². The van der Waals surface area contributed by atoms with Crippen LogP contribution in [-0.4, -0.2) is 52.2 Å². The maximum absolute atomic E-state index is 12.9. The lowest BCUT2D eigenvalue weighted by Crippen LogP contribution is -2.50. The van der Waals surface area contributed by atoms with Gasteiger partial charge in [-0.2, -0.15) is 5.10 Å². The molecule has 0 aromatic carbocycles. The van der Waals surface area contributed by atoms with Gasteiger partial charge in [0.25, 0.3) is 0 Å². The zero-order valence-electron chi connectivity index (χ0n) is 13.8. The van der Waals surface area contributed by atoms with Gasteiger partial charge in [0.15, 0.2) is 11.5 Å². The van der Waals surface area contributed by atoms with Gasteiger partial charge in [-0.25, -0.2) is 0 Å². The van der Waals surface area contributed by atoms with Crippen LogP contribution in [-0.2, 0) is 16.6 Å². The van der Waals surface area contributed by atoms with Gasteiger partial charge in [-0.1, -0.05) is 0 Å². The molecule has 3 rings (SSSR count). The van der Waals surface area contributed by atoms with Gasteiger partial charge in [-0.15, -0.1) is 0 Å². The van der Waals surface area contributed by atoms with E-state index in [9.17, 15) is 9.59 Å². The van der Waals surface area contributed by atoms with Crippen molar-refractivity contribution in [1.29, 1.82) is 0 Å². The molecule has 0 N–H and O–H groups in total. The Bertz CT molecular complexity index is 707. The average molecular weight is 331 g/mol. The summed E-state index contributed by atoms with van der Waals surface area (Å²) in [5, 5.41) is 4.12. The molecule has 0 aliphatic carbocycles. The standard InChI is InChI=1S/C17H21N3O4/c1-12(13-9-18-19(2)10-13)17(22)20-5-7-23-11-14(20)8-15(21)16-4-3-6-24-16/h3-4,6,9-10,12,14H,5,7-8,11H2,1-2H3/t12-,14-/m1/s1. The molecule has 2 aromatic rings. The molecule has 1 aliphatic rings. The molecule has 0 radical (unpaired) electrons. The highest BCUT2D eigenvalue weighted by Crippen LogP contribution is 2.22. The summed E-state index contributed by atoms with van der Waals surface area (Å²) in [7, 11) is 1.82. The van der Waals surface area contributed by atoms with Crippen LogP contribution in [0.15, 0.2) is 35.2 Å². The van der Waals surface area contributed by atoms with E-state index in [2.05, 4.69) is 5.10 Å². The molecule has 7 nitrogen and oxygen atoms in total. The van der Waals surface area contributed by atoms with Gasteiger partial charge >= 0.3 is 0 Å². The smallest absolute Gasteiger partial charge is 0.230 e. The SMILES string of the molecule is C[C@@H](C(=O)N1CCOC[C@H]1CC(=O)c1ccco1)c1cnn(C)c1. The Labute approximate surface area is 140 Å². The van der Waals surface area contributed by atoms with Crippen LogP contribution in [0.25, 0.3) is 0 Å². The molecule has 0 bridgehead atoms. The minimum atomic E-state index is -0.307. The Hall–Kier alpha value is -2.41. The third kappa shape index (κ3) is 3.41. The number of aromatic nitrogens is 2. The van der Waals surface area contributed by atoms with Crippen molar-refractivity contribution in [3.05, 3.63) is 42.1 Å². The van der Waals surface area contributed by atoms with Crippen molar-refractivity contribution in [1.82, 2.24) is 14.7 Å².